The lowest BCUT2D eigenvalue weighted by molar-refractivity contribution is 0.0521. The molecular formula is C13H21N3O4S. The van der Waals surface area contributed by atoms with E-state index in [4.69, 9.17) is 4.74 Å². The molecule has 0 bridgehead atoms. The zero-order valence-electron chi connectivity index (χ0n) is 12.4. The minimum atomic E-state index is -3.74. The number of piperidine rings is 1. The van der Waals surface area contributed by atoms with Crippen LogP contribution >= 0.6 is 0 Å². The van der Waals surface area contributed by atoms with Crippen molar-refractivity contribution in [1.82, 2.24) is 14.1 Å². The van der Waals surface area contributed by atoms with Crippen molar-refractivity contribution in [3.63, 3.8) is 0 Å². The summed E-state index contributed by atoms with van der Waals surface area (Å²) in [4.78, 5) is 12.0. The second-order valence-corrected chi connectivity index (χ2v) is 6.74. The average Bonchev–Trinajstić information content (AvgIpc) is 2.93. The maximum absolute atomic E-state index is 12.7. The Labute approximate surface area is 124 Å². The average molecular weight is 315 g/mol. The highest BCUT2D eigenvalue weighted by molar-refractivity contribution is 7.89. The van der Waals surface area contributed by atoms with Gasteiger partial charge in [0.2, 0.25) is 5.03 Å². The molecule has 8 heteroatoms. The first-order chi connectivity index (χ1) is 10.0. The highest BCUT2D eigenvalue weighted by atomic mass is 32.2. The van der Waals surface area contributed by atoms with Crippen LogP contribution in [0.2, 0.25) is 0 Å². The topological polar surface area (TPSA) is 81.5 Å². The van der Waals surface area contributed by atoms with Crippen molar-refractivity contribution in [2.24, 2.45) is 0 Å². The number of carbonyl (C=O) groups excluding carboxylic acids is 1. The van der Waals surface area contributed by atoms with E-state index in [-0.39, 0.29) is 17.2 Å². The molecular weight excluding hydrogens is 294 g/mol. The summed E-state index contributed by atoms with van der Waals surface area (Å²) in [5.41, 5.74) is 0.0178. The van der Waals surface area contributed by atoms with Crippen molar-refractivity contribution in [3.8, 4) is 0 Å². The van der Waals surface area contributed by atoms with Crippen molar-refractivity contribution >= 4 is 16.0 Å². The first-order valence-corrected chi connectivity index (χ1v) is 8.69. The van der Waals surface area contributed by atoms with Crippen LogP contribution in [0.25, 0.3) is 0 Å². The molecule has 21 heavy (non-hydrogen) atoms. The molecule has 1 aliphatic heterocycles. The van der Waals surface area contributed by atoms with Gasteiger partial charge in [-0.15, -0.1) is 0 Å². The van der Waals surface area contributed by atoms with Crippen molar-refractivity contribution in [2.45, 2.75) is 44.7 Å². The number of nitrogens with zero attached hydrogens (tertiary/aromatic N) is 3. The van der Waals surface area contributed by atoms with Crippen LogP contribution in [-0.2, 0) is 21.3 Å². The highest BCUT2D eigenvalue weighted by Crippen LogP contribution is 2.23. The SMILES string of the molecule is CCOC(=O)c1cn(CC)nc1S(=O)(=O)N1CCCCC1. The minimum Gasteiger partial charge on any atom is -0.462 e. The van der Waals surface area contributed by atoms with E-state index in [0.717, 1.165) is 19.3 Å². The lowest BCUT2D eigenvalue weighted by Crippen LogP contribution is -2.36. The summed E-state index contributed by atoms with van der Waals surface area (Å²) >= 11 is 0. The molecule has 0 aromatic carbocycles. The van der Waals surface area contributed by atoms with Gasteiger partial charge in [0.1, 0.15) is 5.56 Å². The molecule has 0 saturated carbocycles. The van der Waals surface area contributed by atoms with E-state index < -0.39 is 16.0 Å². The number of hydrogen-bond donors (Lipinski definition) is 0. The quantitative estimate of drug-likeness (QED) is 0.764. The predicted octanol–water partition coefficient (Wildman–Crippen LogP) is 1.25. The molecule has 1 saturated heterocycles. The minimum absolute atomic E-state index is 0.0178. The van der Waals surface area contributed by atoms with Crippen LogP contribution in [0.5, 0.6) is 0 Å². The maximum Gasteiger partial charge on any atom is 0.342 e. The van der Waals surface area contributed by atoms with Gasteiger partial charge < -0.3 is 4.74 Å². The van der Waals surface area contributed by atoms with Crippen LogP contribution in [0.15, 0.2) is 11.2 Å². The van der Waals surface area contributed by atoms with Crippen LogP contribution in [0.3, 0.4) is 0 Å². The van der Waals surface area contributed by atoms with E-state index in [1.54, 1.807) is 6.92 Å². The van der Waals surface area contributed by atoms with E-state index in [2.05, 4.69) is 5.10 Å². The summed E-state index contributed by atoms with van der Waals surface area (Å²) in [5.74, 6) is -0.646. The van der Waals surface area contributed by atoms with Gasteiger partial charge in [0, 0.05) is 25.8 Å². The monoisotopic (exact) mass is 315 g/mol. The fraction of sp³-hybridized carbons (Fsp3) is 0.692. The summed E-state index contributed by atoms with van der Waals surface area (Å²) in [6, 6.07) is 0. The summed E-state index contributed by atoms with van der Waals surface area (Å²) < 4.78 is 33.2. The Morgan fingerprint density at radius 1 is 1.29 bits per heavy atom. The smallest absolute Gasteiger partial charge is 0.342 e. The fourth-order valence-electron chi connectivity index (χ4n) is 2.33. The Balaban J connectivity index is 2.41. The van der Waals surface area contributed by atoms with E-state index in [1.807, 2.05) is 6.92 Å². The van der Waals surface area contributed by atoms with E-state index in [1.165, 1.54) is 15.2 Å². The van der Waals surface area contributed by atoms with Crippen LogP contribution in [-0.4, -0.2) is 48.2 Å². The lowest BCUT2D eigenvalue weighted by atomic mass is 10.2. The van der Waals surface area contributed by atoms with Crippen molar-refractivity contribution < 1.29 is 17.9 Å². The first kappa shape index (κ1) is 16.0. The largest absolute Gasteiger partial charge is 0.462 e. The van der Waals surface area contributed by atoms with E-state index in [0.29, 0.717) is 19.6 Å². The molecule has 1 fully saturated rings. The molecule has 0 radical (unpaired) electrons. The van der Waals surface area contributed by atoms with Gasteiger partial charge in [-0.1, -0.05) is 6.42 Å². The molecule has 0 atom stereocenters. The highest BCUT2D eigenvalue weighted by Gasteiger charge is 2.33. The molecule has 2 rings (SSSR count). The summed E-state index contributed by atoms with van der Waals surface area (Å²) in [6.07, 6.45) is 4.14. The third-order valence-electron chi connectivity index (χ3n) is 3.45. The predicted molar refractivity (Wildman–Crippen MR) is 76.5 cm³/mol. The number of rotatable bonds is 5. The second kappa shape index (κ2) is 6.57. The molecule has 0 N–H and O–H groups in total. The molecule has 1 aromatic heterocycles. The Morgan fingerprint density at radius 3 is 2.52 bits per heavy atom. The van der Waals surface area contributed by atoms with Crippen LogP contribution in [0.4, 0.5) is 0 Å². The number of hydrogen-bond acceptors (Lipinski definition) is 5. The number of esters is 1. The molecule has 7 nitrogen and oxygen atoms in total. The zero-order valence-corrected chi connectivity index (χ0v) is 13.2. The van der Waals surface area contributed by atoms with Crippen LogP contribution in [0.1, 0.15) is 43.5 Å². The van der Waals surface area contributed by atoms with Gasteiger partial charge >= 0.3 is 5.97 Å². The van der Waals surface area contributed by atoms with Gasteiger partial charge in [-0.2, -0.15) is 9.40 Å². The number of ether oxygens (including phenoxy) is 1. The summed E-state index contributed by atoms with van der Waals surface area (Å²) in [5, 5.41) is 3.88. The molecule has 2 heterocycles. The number of carbonyl (C=O) groups is 1. The number of aryl methyl sites for hydroxylation is 1. The van der Waals surface area contributed by atoms with Gasteiger partial charge in [-0.25, -0.2) is 13.2 Å². The van der Waals surface area contributed by atoms with Gasteiger partial charge in [0.15, 0.2) is 0 Å². The maximum atomic E-state index is 12.7. The molecule has 118 valence electrons. The Bertz CT molecular complexity index is 603. The fourth-order valence-corrected chi connectivity index (χ4v) is 3.94. The number of aromatic nitrogens is 2. The Kier molecular flexibility index (Phi) is 5.00. The molecule has 0 spiro atoms. The van der Waals surface area contributed by atoms with E-state index >= 15 is 0 Å². The first-order valence-electron chi connectivity index (χ1n) is 7.25. The second-order valence-electron chi connectivity index (χ2n) is 4.89. The molecule has 0 unspecified atom stereocenters. The van der Waals surface area contributed by atoms with Crippen LogP contribution < -0.4 is 0 Å². The molecule has 1 aliphatic rings. The molecule has 0 amide bonds. The van der Waals surface area contributed by atoms with Gasteiger partial charge in [-0.3, -0.25) is 4.68 Å². The Hall–Kier alpha value is -1.41. The summed E-state index contributed by atoms with van der Waals surface area (Å²) in [6.45, 7) is 5.15. The molecule has 0 aliphatic carbocycles. The van der Waals surface area contributed by atoms with Crippen LogP contribution in [0, 0.1) is 0 Å². The normalized spacial score (nSPS) is 16.9. The van der Waals surface area contributed by atoms with Crippen molar-refractivity contribution in [1.29, 1.82) is 0 Å². The van der Waals surface area contributed by atoms with Crippen molar-refractivity contribution in [3.05, 3.63) is 11.8 Å². The molecule has 1 aromatic rings. The van der Waals surface area contributed by atoms with E-state index in [9.17, 15) is 13.2 Å². The standard InChI is InChI=1S/C13H21N3O4S/c1-3-15-10-11(13(17)20-4-2)12(14-15)21(18,19)16-8-6-5-7-9-16/h10H,3-9H2,1-2H3. The third kappa shape index (κ3) is 3.26. The van der Waals surface area contributed by atoms with Gasteiger partial charge in [0.05, 0.1) is 6.61 Å². The van der Waals surface area contributed by atoms with Gasteiger partial charge in [0.25, 0.3) is 10.0 Å². The lowest BCUT2D eigenvalue weighted by Gasteiger charge is -2.25. The van der Waals surface area contributed by atoms with Gasteiger partial charge in [-0.05, 0) is 26.7 Å². The van der Waals surface area contributed by atoms with Crippen molar-refractivity contribution in [2.75, 3.05) is 19.7 Å². The summed E-state index contributed by atoms with van der Waals surface area (Å²) in [7, 11) is -3.74. The third-order valence-corrected chi connectivity index (χ3v) is 5.28. The number of sulfonamides is 1. The zero-order chi connectivity index (χ0) is 15.5. The Morgan fingerprint density at radius 2 is 1.95 bits per heavy atom.